The second-order valence-corrected chi connectivity index (χ2v) is 5.66. The molecule has 0 saturated carbocycles. The van der Waals surface area contributed by atoms with Crippen molar-refractivity contribution in [1.29, 1.82) is 0 Å². The molecule has 0 amide bonds. The molecule has 0 aromatic rings. The molecule has 0 aliphatic heterocycles. The Morgan fingerprint density at radius 3 is 1.47 bits per heavy atom. The van der Waals surface area contributed by atoms with Crippen molar-refractivity contribution in [2.75, 3.05) is 0 Å². The molecule has 19 heavy (non-hydrogen) atoms. The summed E-state index contributed by atoms with van der Waals surface area (Å²) in [6.07, 6.45) is 18.5. The van der Waals surface area contributed by atoms with E-state index in [9.17, 15) is 4.79 Å². The van der Waals surface area contributed by atoms with Crippen LogP contribution < -0.4 is 0 Å². The predicted octanol–water partition coefficient (Wildman–Crippen LogP) is 4.94. The number of rotatable bonds is 15. The van der Waals surface area contributed by atoms with Crippen LogP contribution in [0.15, 0.2) is 0 Å². The molecule has 0 aliphatic rings. The van der Waals surface area contributed by atoms with Crippen LogP contribution in [0, 0.1) is 0 Å². The number of aliphatic hydroxyl groups excluding tert-OH is 1. The summed E-state index contributed by atoms with van der Waals surface area (Å²) >= 11 is 0. The summed E-state index contributed by atoms with van der Waals surface area (Å²) in [6, 6.07) is 0. The summed E-state index contributed by atoms with van der Waals surface area (Å²) < 4.78 is 0. The minimum atomic E-state index is -0.854. The van der Waals surface area contributed by atoms with Crippen LogP contribution in [-0.2, 0) is 4.79 Å². The Hall–Kier alpha value is -0.370. The third-order valence-corrected chi connectivity index (χ3v) is 3.72. The fraction of sp³-hybridized carbons (Fsp3) is 0.941. The molecule has 0 heterocycles. The van der Waals surface area contributed by atoms with E-state index in [1.165, 1.54) is 70.6 Å². The van der Waals surface area contributed by atoms with Crippen molar-refractivity contribution in [2.24, 2.45) is 0 Å². The second-order valence-electron chi connectivity index (χ2n) is 5.66. The van der Waals surface area contributed by atoms with Gasteiger partial charge in [0, 0.05) is 0 Å². The average Bonchev–Trinajstić information content (AvgIpc) is 2.43. The maximum absolute atomic E-state index is 10.1. The smallest absolute Gasteiger partial charge is 0.229 e. The molecule has 0 spiro atoms. The highest BCUT2D eigenvalue weighted by atomic mass is 16.3. The number of hydrogen-bond donors (Lipinski definition) is 1. The topological polar surface area (TPSA) is 37.3 Å². The van der Waals surface area contributed by atoms with Crippen molar-refractivity contribution in [1.82, 2.24) is 0 Å². The maximum atomic E-state index is 10.1. The zero-order valence-corrected chi connectivity index (χ0v) is 12.8. The molecule has 0 fully saturated rings. The monoisotopic (exact) mass is 269 g/mol. The molecule has 113 valence electrons. The lowest BCUT2D eigenvalue weighted by Crippen LogP contribution is -2.06. The van der Waals surface area contributed by atoms with Crippen LogP contribution >= 0.6 is 0 Å². The zero-order chi connectivity index (χ0) is 14.2. The van der Waals surface area contributed by atoms with Gasteiger partial charge in [0.05, 0.1) is 0 Å². The van der Waals surface area contributed by atoms with Crippen molar-refractivity contribution in [2.45, 2.75) is 103 Å². The summed E-state index contributed by atoms with van der Waals surface area (Å²) in [5, 5.41) is 9.01. The Balaban J connectivity index is 2.97. The molecule has 1 N–H and O–H groups in total. The zero-order valence-electron chi connectivity index (χ0n) is 12.8. The van der Waals surface area contributed by atoms with E-state index in [0.717, 1.165) is 12.8 Å². The normalized spacial score (nSPS) is 12.5. The molecule has 2 nitrogen and oxygen atoms in total. The van der Waals surface area contributed by atoms with Gasteiger partial charge in [0.15, 0.2) is 0 Å². The Labute approximate surface area is 120 Å². The van der Waals surface area contributed by atoms with Gasteiger partial charge in [0.1, 0.15) is 6.10 Å². The van der Waals surface area contributed by atoms with E-state index >= 15 is 0 Å². The Bertz CT molecular complexity index is 180. The molecule has 0 rings (SSSR count). The first-order valence-corrected chi connectivity index (χ1v) is 8.37. The van der Waals surface area contributed by atoms with Crippen LogP contribution in [0.25, 0.3) is 0 Å². The van der Waals surface area contributed by atoms with Crippen molar-refractivity contribution < 1.29 is 9.90 Å². The van der Waals surface area contributed by atoms with Gasteiger partial charge in [-0.2, -0.15) is 0 Å². The molecule has 0 bridgehead atoms. The summed E-state index contributed by atoms with van der Waals surface area (Å²) in [7, 11) is 0. The fourth-order valence-corrected chi connectivity index (χ4v) is 2.41. The van der Waals surface area contributed by atoms with Crippen molar-refractivity contribution in [3.63, 3.8) is 0 Å². The standard InChI is InChI=1S/C17H33O2/c1-2-3-4-5-6-7-8-9-10-11-12-13-14-15-17(19)16-18/h17,19H,2-15H2,1H3. The van der Waals surface area contributed by atoms with E-state index in [1.807, 2.05) is 0 Å². The van der Waals surface area contributed by atoms with Gasteiger partial charge in [-0.25, -0.2) is 0 Å². The molecule has 0 aromatic heterocycles. The van der Waals surface area contributed by atoms with Gasteiger partial charge in [-0.3, -0.25) is 4.79 Å². The number of aliphatic hydroxyl groups is 1. The van der Waals surface area contributed by atoms with Crippen LogP contribution in [0.2, 0.25) is 0 Å². The fourth-order valence-electron chi connectivity index (χ4n) is 2.41. The molecule has 1 unspecified atom stereocenters. The molecule has 0 aliphatic carbocycles. The third-order valence-electron chi connectivity index (χ3n) is 3.72. The molecule has 0 saturated heterocycles. The van der Waals surface area contributed by atoms with Crippen molar-refractivity contribution >= 4 is 6.29 Å². The average molecular weight is 269 g/mol. The van der Waals surface area contributed by atoms with Crippen LogP contribution in [-0.4, -0.2) is 17.5 Å². The van der Waals surface area contributed by atoms with Crippen LogP contribution in [0.1, 0.15) is 96.8 Å². The first-order chi connectivity index (χ1) is 9.31. The first kappa shape index (κ1) is 18.6. The lowest BCUT2D eigenvalue weighted by atomic mass is 10.0. The van der Waals surface area contributed by atoms with Crippen LogP contribution in [0.4, 0.5) is 0 Å². The minimum absolute atomic E-state index is 0.585. The Kier molecular flexibility index (Phi) is 15.4. The Morgan fingerprint density at radius 1 is 0.737 bits per heavy atom. The van der Waals surface area contributed by atoms with Gasteiger partial charge >= 0.3 is 0 Å². The van der Waals surface area contributed by atoms with E-state index in [-0.39, 0.29) is 0 Å². The molecular formula is C17H33O2. The highest BCUT2D eigenvalue weighted by Gasteiger charge is 2.01. The minimum Gasteiger partial charge on any atom is -0.385 e. The number of unbranched alkanes of at least 4 members (excludes halogenated alkanes) is 12. The van der Waals surface area contributed by atoms with Crippen molar-refractivity contribution in [3.05, 3.63) is 0 Å². The number of carbonyl (C=O) groups excluding carboxylic acids is 1. The van der Waals surface area contributed by atoms with Gasteiger partial charge in [-0.15, -0.1) is 0 Å². The van der Waals surface area contributed by atoms with E-state index in [2.05, 4.69) is 6.92 Å². The quantitative estimate of drug-likeness (QED) is 0.428. The number of hydrogen-bond acceptors (Lipinski definition) is 2. The van der Waals surface area contributed by atoms with Gasteiger partial charge in [-0.1, -0.05) is 90.4 Å². The molecule has 2 heteroatoms. The molecule has 1 radical (unpaired) electrons. The summed E-state index contributed by atoms with van der Waals surface area (Å²) in [4.78, 5) is 10.1. The highest BCUT2D eigenvalue weighted by Crippen LogP contribution is 2.13. The maximum Gasteiger partial charge on any atom is 0.229 e. The van der Waals surface area contributed by atoms with E-state index < -0.39 is 6.10 Å². The Morgan fingerprint density at radius 2 is 1.11 bits per heavy atom. The summed E-state index contributed by atoms with van der Waals surface area (Å²) in [5.41, 5.74) is 0. The molecule has 0 aromatic carbocycles. The van der Waals surface area contributed by atoms with E-state index in [4.69, 9.17) is 5.11 Å². The van der Waals surface area contributed by atoms with E-state index in [1.54, 1.807) is 6.29 Å². The highest BCUT2D eigenvalue weighted by molar-refractivity contribution is 5.56. The van der Waals surface area contributed by atoms with Crippen LogP contribution in [0.5, 0.6) is 0 Å². The first-order valence-electron chi connectivity index (χ1n) is 8.37. The lowest BCUT2D eigenvalue weighted by molar-refractivity contribution is 0.219. The summed E-state index contributed by atoms with van der Waals surface area (Å²) in [6.45, 7) is 2.26. The van der Waals surface area contributed by atoms with Crippen molar-refractivity contribution in [3.8, 4) is 0 Å². The largest absolute Gasteiger partial charge is 0.385 e. The third kappa shape index (κ3) is 15.6. The van der Waals surface area contributed by atoms with E-state index in [0.29, 0.717) is 6.42 Å². The summed E-state index contributed by atoms with van der Waals surface area (Å²) in [5.74, 6) is 0. The SMILES string of the molecule is CCCCCCCCCCCCCCCC(O)[C]=O. The van der Waals surface area contributed by atoms with Gasteiger partial charge < -0.3 is 5.11 Å². The van der Waals surface area contributed by atoms with Gasteiger partial charge in [-0.05, 0) is 6.42 Å². The second kappa shape index (κ2) is 15.7. The molecular weight excluding hydrogens is 236 g/mol. The van der Waals surface area contributed by atoms with Gasteiger partial charge in [0.25, 0.3) is 0 Å². The van der Waals surface area contributed by atoms with Crippen LogP contribution in [0.3, 0.4) is 0 Å². The predicted molar refractivity (Wildman–Crippen MR) is 82.0 cm³/mol. The molecule has 1 atom stereocenters. The lowest BCUT2D eigenvalue weighted by Gasteiger charge is -2.03. The van der Waals surface area contributed by atoms with Gasteiger partial charge in [0.2, 0.25) is 6.29 Å².